The second kappa shape index (κ2) is 8.34. The van der Waals surface area contributed by atoms with E-state index in [0.717, 1.165) is 63.2 Å². The molecule has 35 heavy (non-hydrogen) atoms. The van der Waals surface area contributed by atoms with E-state index in [-0.39, 0.29) is 17.1 Å². The van der Waals surface area contributed by atoms with Crippen molar-refractivity contribution in [2.45, 2.75) is 52.5 Å². The number of ketones is 1. The first-order chi connectivity index (χ1) is 16.9. The molecule has 1 aromatic carbocycles. The normalized spacial score (nSPS) is 18.8. The van der Waals surface area contributed by atoms with Gasteiger partial charge in [-0.2, -0.15) is 5.10 Å². The van der Waals surface area contributed by atoms with Crippen LogP contribution in [0.4, 0.5) is 5.82 Å². The summed E-state index contributed by atoms with van der Waals surface area (Å²) in [5, 5.41) is 11.7. The third kappa shape index (κ3) is 3.93. The molecular formula is C28H28N4O2S. The second-order valence-electron chi connectivity index (χ2n) is 10.2. The molecule has 3 aromatic heterocycles. The van der Waals surface area contributed by atoms with Crippen LogP contribution in [-0.2, 0) is 17.8 Å². The Kier molecular flexibility index (Phi) is 5.25. The molecule has 1 atom stereocenters. The van der Waals surface area contributed by atoms with Crippen LogP contribution in [0, 0.1) is 12.3 Å². The summed E-state index contributed by atoms with van der Waals surface area (Å²) >= 11 is 1.64. The van der Waals surface area contributed by atoms with E-state index in [1.807, 2.05) is 42.6 Å². The summed E-state index contributed by atoms with van der Waals surface area (Å²) in [4.78, 5) is 18.2. The second-order valence-corrected chi connectivity index (χ2v) is 11.2. The maximum atomic E-state index is 13.4. The van der Waals surface area contributed by atoms with Crippen molar-refractivity contribution in [1.82, 2.24) is 14.8 Å². The highest BCUT2D eigenvalue weighted by atomic mass is 32.1. The number of anilines is 1. The number of aryl methyl sites for hydroxylation is 3. The number of benzene rings is 1. The predicted molar refractivity (Wildman–Crippen MR) is 137 cm³/mol. The van der Waals surface area contributed by atoms with Crippen molar-refractivity contribution >= 4 is 22.9 Å². The van der Waals surface area contributed by atoms with Gasteiger partial charge in [0.15, 0.2) is 11.5 Å². The molecule has 0 saturated heterocycles. The number of furan rings is 1. The Morgan fingerprint density at radius 2 is 2.00 bits per heavy atom. The summed E-state index contributed by atoms with van der Waals surface area (Å²) in [6, 6.07) is 14.2. The summed E-state index contributed by atoms with van der Waals surface area (Å²) in [5.41, 5.74) is 5.97. The van der Waals surface area contributed by atoms with E-state index in [1.165, 1.54) is 0 Å². The Balaban J connectivity index is 1.36. The topological polar surface area (TPSA) is 73.0 Å². The van der Waals surface area contributed by atoms with Gasteiger partial charge in [0.2, 0.25) is 0 Å². The van der Waals surface area contributed by atoms with E-state index in [2.05, 4.69) is 36.0 Å². The molecule has 0 fully saturated rings. The van der Waals surface area contributed by atoms with Crippen LogP contribution in [0.2, 0.25) is 0 Å². The highest BCUT2D eigenvalue weighted by Crippen LogP contribution is 2.49. The minimum Gasteiger partial charge on any atom is -0.463 e. The third-order valence-corrected chi connectivity index (χ3v) is 7.84. The van der Waals surface area contributed by atoms with Crippen LogP contribution >= 0.6 is 11.3 Å². The van der Waals surface area contributed by atoms with Gasteiger partial charge in [0.05, 0.1) is 17.0 Å². The lowest BCUT2D eigenvalue weighted by molar-refractivity contribution is -0.118. The fourth-order valence-corrected chi connectivity index (χ4v) is 6.22. The molecule has 0 bridgehead atoms. The van der Waals surface area contributed by atoms with Gasteiger partial charge in [0.25, 0.3) is 0 Å². The molecular weight excluding hydrogens is 456 g/mol. The van der Waals surface area contributed by atoms with Crippen LogP contribution in [0.5, 0.6) is 0 Å². The highest BCUT2D eigenvalue weighted by molar-refractivity contribution is 7.09. The Bertz CT molecular complexity index is 1430. The van der Waals surface area contributed by atoms with Crippen molar-refractivity contribution in [2.24, 2.45) is 5.41 Å². The zero-order chi connectivity index (χ0) is 24.2. The Morgan fingerprint density at radius 3 is 2.77 bits per heavy atom. The molecule has 4 heterocycles. The minimum atomic E-state index is -0.0924. The van der Waals surface area contributed by atoms with Crippen LogP contribution in [0.15, 0.2) is 69.8 Å². The highest BCUT2D eigenvalue weighted by Gasteiger charge is 2.42. The largest absolute Gasteiger partial charge is 0.463 e. The van der Waals surface area contributed by atoms with Gasteiger partial charge in [-0.15, -0.1) is 11.3 Å². The Morgan fingerprint density at radius 1 is 1.17 bits per heavy atom. The fraction of sp³-hybridized carbons (Fsp3) is 0.321. The lowest BCUT2D eigenvalue weighted by Gasteiger charge is -2.38. The first-order valence-electron chi connectivity index (χ1n) is 12.0. The van der Waals surface area contributed by atoms with E-state index in [0.29, 0.717) is 13.0 Å². The molecule has 1 N–H and O–H groups in total. The van der Waals surface area contributed by atoms with Crippen LogP contribution in [0.25, 0.3) is 11.5 Å². The number of thiazole rings is 1. The number of carbonyl (C=O) groups is 1. The third-order valence-electron chi connectivity index (χ3n) is 6.94. The lowest BCUT2D eigenvalue weighted by Crippen LogP contribution is -2.34. The molecule has 2 aliphatic rings. The molecule has 6 nitrogen and oxygen atoms in total. The summed E-state index contributed by atoms with van der Waals surface area (Å²) in [7, 11) is 0. The van der Waals surface area contributed by atoms with Gasteiger partial charge >= 0.3 is 0 Å². The van der Waals surface area contributed by atoms with Gasteiger partial charge in [-0.3, -0.25) is 4.79 Å². The molecule has 0 amide bonds. The smallest absolute Gasteiger partial charge is 0.162 e. The Labute approximate surface area is 208 Å². The monoisotopic (exact) mass is 484 g/mol. The van der Waals surface area contributed by atoms with Gasteiger partial charge in [-0.1, -0.05) is 44.2 Å². The van der Waals surface area contributed by atoms with Crippen molar-refractivity contribution in [3.63, 3.8) is 0 Å². The number of carbonyl (C=O) groups excluding carboxylic acids is 1. The van der Waals surface area contributed by atoms with Gasteiger partial charge in [0, 0.05) is 47.5 Å². The first-order valence-corrected chi connectivity index (χ1v) is 12.9. The number of hydrogen-bond acceptors (Lipinski definition) is 6. The average Bonchev–Trinajstić information content (AvgIpc) is 3.57. The molecule has 4 aromatic rings. The van der Waals surface area contributed by atoms with Gasteiger partial charge in [-0.05, 0) is 36.5 Å². The molecule has 0 saturated carbocycles. The summed E-state index contributed by atoms with van der Waals surface area (Å²) < 4.78 is 7.55. The number of aromatic nitrogens is 3. The maximum Gasteiger partial charge on any atom is 0.162 e. The van der Waals surface area contributed by atoms with Crippen LogP contribution < -0.4 is 5.32 Å². The van der Waals surface area contributed by atoms with Gasteiger partial charge < -0.3 is 9.73 Å². The van der Waals surface area contributed by atoms with E-state index >= 15 is 0 Å². The van der Waals surface area contributed by atoms with E-state index in [9.17, 15) is 4.79 Å². The van der Waals surface area contributed by atoms with Crippen molar-refractivity contribution in [2.75, 3.05) is 5.32 Å². The van der Waals surface area contributed by atoms with Gasteiger partial charge in [-0.25, -0.2) is 9.67 Å². The quantitative estimate of drug-likeness (QED) is 0.357. The molecule has 7 heteroatoms. The number of Topliss-reactive ketones (excluding diaryl/α,β-unsaturated/α-hetero) is 1. The minimum absolute atomic E-state index is 0.0648. The number of fused-ring (bicyclic) bond motifs is 1. The number of rotatable bonds is 5. The van der Waals surface area contributed by atoms with Crippen LogP contribution in [0.1, 0.15) is 54.4 Å². The van der Waals surface area contributed by atoms with Crippen LogP contribution in [0.3, 0.4) is 0 Å². The van der Waals surface area contributed by atoms with Crippen molar-refractivity contribution in [3.8, 4) is 11.5 Å². The molecule has 1 aliphatic carbocycles. The van der Waals surface area contributed by atoms with E-state index < -0.39 is 0 Å². The molecule has 1 unspecified atom stereocenters. The number of hydrogen-bond donors (Lipinski definition) is 1. The summed E-state index contributed by atoms with van der Waals surface area (Å²) in [6.45, 7) is 7.10. The van der Waals surface area contributed by atoms with E-state index in [1.54, 1.807) is 17.6 Å². The molecule has 0 spiro atoms. The number of nitrogens with zero attached hydrogens (tertiary/aromatic N) is 3. The lowest BCUT2D eigenvalue weighted by atomic mass is 9.69. The average molecular weight is 485 g/mol. The fourth-order valence-electron chi connectivity index (χ4n) is 5.45. The molecule has 0 radical (unpaired) electrons. The zero-order valence-corrected chi connectivity index (χ0v) is 21.0. The predicted octanol–water partition coefficient (Wildman–Crippen LogP) is 6.35. The molecule has 1 aliphatic heterocycles. The first kappa shape index (κ1) is 22.0. The standard InChI is InChI=1S/C28H28N4O2S/c1-17-24-25(18-8-5-4-6-9-18)26-19(14-28(2,3)15-21(26)33)30-27(24)32(31-17)12-11-23-29-20(16-35-23)22-10-7-13-34-22/h4-10,13,16,25,30H,11-12,14-15H2,1-3H3. The SMILES string of the molecule is Cc1nn(CCc2nc(-c3ccco3)cs2)c2c1C(c1ccccc1)C1=C(CC(C)(C)CC1=O)N2. The summed E-state index contributed by atoms with van der Waals surface area (Å²) in [6.07, 6.45) is 3.86. The molecule has 178 valence electrons. The number of nitrogens with one attached hydrogen (secondary N) is 1. The zero-order valence-electron chi connectivity index (χ0n) is 20.2. The van der Waals surface area contributed by atoms with Crippen LogP contribution in [-0.4, -0.2) is 20.5 Å². The maximum absolute atomic E-state index is 13.4. The summed E-state index contributed by atoms with van der Waals surface area (Å²) in [5.74, 6) is 1.94. The molecule has 6 rings (SSSR count). The number of allylic oxidation sites excluding steroid dienone is 2. The van der Waals surface area contributed by atoms with Crippen molar-refractivity contribution in [1.29, 1.82) is 0 Å². The van der Waals surface area contributed by atoms with Crippen molar-refractivity contribution in [3.05, 3.63) is 87.2 Å². The Hall–Kier alpha value is -3.45. The van der Waals surface area contributed by atoms with Gasteiger partial charge in [0.1, 0.15) is 11.5 Å². The van der Waals surface area contributed by atoms with Crippen molar-refractivity contribution < 1.29 is 9.21 Å². The van der Waals surface area contributed by atoms with E-state index in [4.69, 9.17) is 14.5 Å².